The molecule has 2 aromatic rings. The third kappa shape index (κ3) is 2.40. The Morgan fingerprint density at radius 1 is 1.43 bits per heavy atom. The summed E-state index contributed by atoms with van der Waals surface area (Å²) < 4.78 is 0. The first kappa shape index (κ1) is 13.0. The fourth-order valence-electron chi connectivity index (χ4n) is 2.10. The van der Waals surface area contributed by atoms with Crippen LogP contribution in [0.5, 0.6) is 0 Å². The molecule has 0 fully saturated rings. The van der Waals surface area contributed by atoms with E-state index in [1.54, 1.807) is 19.3 Å². The summed E-state index contributed by atoms with van der Waals surface area (Å²) in [5.41, 5.74) is 6.62. The monoisotopic (exact) mass is 283 g/mol. The minimum atomic E-state index is -0.562. The summed E-state index contributed by atoms with van der Waals surface area (Å²) in [6.07, 6.45) is 3.35. The minimum absolute atomic E-state index is 0.135. The van der Waals surface area contributed by atoms with Crippen molar-refractivity contribution in [3.05, 3.63) is 36.0 Å². The van der Waals surface area contributed by atoms with Gasteiger partial charge in [-0.1, -0.05) is 18.2 Å². The van der Waals surface area contributed by atoms with Gasteiger partial charge in [0.25, 0.3) is 5.91 Å². The van der Waals surface area contributed by atoms with Gasteiger partial charge in [-0.05, 0) is 13.0 Å². The number of nitrogens with zero attached hydrogens (tertiary/aromatic N) is 2. The van der Waals surface area contributed by atoms with E-state index in [-0.39, 0.29) is 11.6 Å². The maximum Gasteiger partial charge on any atom is 0.288 e. The number of aromatic nitrogens is 1. The molecule has 1 aromatic heterocycles. The Bertz CT molecular complexity index is 775. The Morgan fingerprint density at radius 2 is 2.24 bits per heavy atom. The van der Waals surface area contributed by atoms with Crippen molar-refractivity contribution in [2.24, 2.45) is 16.1 Å². The fraction of sp³-hybridized carbons (Fsp3) is 0.143. The van der Waals surface area contributed by atoms with Gasteiger partial charge >= 0.3 is 0 Å². The first-order valence-electron chi connectivity index (χ1n) is 6.44. The molecule has 0 saturated heterocycles. The maximum atomic E-state index is 11.8. The molecular weight excluding hydrogens is 270 g/mol. The van der Waals surface area contributed by atoms with Crippen molar-refractivity contribution in [3.63, 3.8) is 0 Å². The van der Waals surface area contributed by atoms with E-state index in [0.717, 1.165) is 16.5 Å². The van der Waals surface area contributed by atoms with Gasteiger partial charge in [0.1, 0.15) is 5.71 Å². The lowest BCUT2D eigenvalue weighted by atomic mass is 10.1. The molecule has 0 spiro atoms. The minimum Gasteiger partial charge on any atom is -0.361 e. The molecule has 2 heterocycles. The lowest BCUT2D eigenvalue weighted by molar-refractivity contribution is -0.122. The molecule has 7 heteroatoms. The third-order valence-corrected chi connectivity index (χ3v) is 3.31. The molecule has 1 atom stereocenters. The molecule has 7 nitrogen and oxygen atoms in total. The molecule has 3 rings (SSSR count). The van der Waals surface area contributed by atoms with Gasteiger partial charge in [0, 0.05) is 22.7 Å². The summed E-state index contributed by atoms with van der Waals surface area (Å²) in [5, 5.41) is 8.60. The number of para-hydroxylation sites is 1. The highest BCUT2D eigenvalue weighted by Gasteiger charge is 2.30. The van der Waals surface area contributed by atoms with Crippen molar-refractivity contribution in [2.75, 3.05) is 0 Å². The highest BCUT2D eigenvalue weighted by atomic mass is 16.2. The van der Waals surface area contributed by atoms with Crippen LogP contribution in [0.1, 0.15) is 12.5 Å². The summed E-state index contributed by atoms with van der Waals surface area (Å²) in [5.74, 6) is -1.34. The van der Waals surface area contributed by atoms with Crippen molar-refractivity contribution in [3.8, 4) is 0 Å². The van der Waals surface area contributed by atoms with Gasteiger partial charge in [-0.15, -0.1) is 0 Å². The normalized spacial score (nSPS) is 18.0. The predicted octanol–water partition coefficient (Wildman–Crippen LogP) is 0.740. The zero-order valence-electron chi connectivity index (χ0n) is 11.3. The van der Waals surface area contributed by atoms with Gasteiger partial charge in [0.15, 0.2) is 0 Å². The van der Waals surface area contributed by atoms with E-state index in [2.05, 4.69) is 26.0 Å². The Hall–Kier alpha value is -2.96. The van der Waals surface area contributed by atoms with Crippen LogP contribution in [0.4, 0.5) is 0 Å². The largest absolute Gasteiger partial charge is 0.361 e. The predicted molar refractivity (Wildman–Crippen MR) is 78.8 cm³/mol. The zero-order valence-corrected chi connectivity index (χ0v) is 11.3. The molecular formula is C14H13N5O2. The molecule has 0 aliphatic carbocycles. The van der Waals surface area contributed by atoms with E-state index < -0.39 is 11.8 Å². The molecule has 21 heavy (non-hydrogen) atoms. The second kappa shape index (κ2) is 5.20. The topological polar surface area (TPSA) is 98.7 Å². The van der Waals surface area contributed by atoms with Crippen LogP contribution < -0.4 is 10.9 Å². The third-order valence-electron chi connectivity index (χ3n) is 3.31. The average Bonchev–Trinajstić information content (AvgIpc) is 3.04. The lowest BCUT2D eigenvalue weighted by Crippen LogP contribution is -2.32. The van der Waals surface area contributed by atoms with Gasteiger partial charge in [0.05, 0.1) is 12.1 Å². The molecule has 106 valence electrons. The second-order valence-electron chi connectivity index (χ2n) is 4.68. The van der Waals surface area contributed by atoms with E-state index in [0.29, 0.717) is 0 Å². The number of rotatable bonds is 3. The number of hydrogen-bond acceptors (Lipinski definition) is 4. The zero-order chi connectivity index (χ0) is 14.8. The quantitative estimate of drug-likeness (QED) is 0.572. The van der Waals surface area contributed by atoms with Gasteiger partial charge in [-0.2, -0.15) is 10.2 Å². The van der Waals surface area contributed by atoms with Crippen molar-refractivity contribution >= 4 is 34.6 Å². The highest BCUT2D eigenvalue weighted by Crippen LogP contribution is 2.15. The number of hydrazone groups is 2. The number of carbonyl (C=O) groups excluding carboxylic acids is 2. The lowest BCUT2D eigenvalue weighted by Gasteiger charge is -2.01. The van der Waals surface area contributed by atoms with Crippen molar-refractivity contribution in [2.45, 2.75) is 6.92 Å². The number of fused-ring (bicyclic) bond motifs is 1. The molecule has 0 unspecified atom stereocenters. The van der Waals surface area contributed by atoms with E-state index >= 15 is 0 Å². The number of aromatic amines is 1. The first-order chi connectivity index (χ1) is 10.2. The second-order valence-corrected chi connectivity index (χ2v) is 4.68. The molecule has 0 radical (unpaired) electrons. The summed E-state index contributed by atoms with van der Waals surface area (Å²) >= 11 is 0. The molecule has 1 aliphatic rings. The van der Waals surface area contributed by atoms with Crippen LogP contribution >= 0.6 is 0 Å². The van der Waals surface area contributed by atoms with Crippen LogP contribution in [0.2, 0.25) is 0 Å². The number of hydrogen-bond donors (Lipinski definition) is 3. The van der Waals surface area contributed by atoms with Crippen LogP contribution in [0, 0.1) is 5.92 Å². The number of benzene rings is 1. The highest BCUT2D eigenvalue weighted by molar-refractivity contribution is 6.44. The number of H-pyrrole nitrogens is 1. The van der Waals surface area contributed by atoms with Crippen LogP contribution in [-0.2, 0) is 9.59 Å². The van der Waals surface area contributed by atoms with Gasteiger partial charge in [-0.25, -0.2) is 10.9 Å². The Labute approximate surface area is 120 Å². The average molecular weight is 283 g/mol. The van der Waals surface area contributed by atoms with E-state index in [1.807, 2.05) is 24.3 Å². The van der Waals surface area contributed by atoms with Crippen LogP contribution in [-0.4, -0.2) is 28.7 Å². The van der Waals surface area contributed by atoms with E-state index in [4.69, 9.17) is 0 Å². The number of carbonyl (C=O) groups is 2. The van der Waals surface area contributed by atoms with Crippen molar-refractivity contribution in [1.29, 1.82) is 0 Å². The standard InChI is InChI=1S/C14H13N5O2/c1-8-12(17-19-13(8)20)14(21)18-16-7-9-6-15-11-5-3-2-4-10(9)11/h2-8,15H,1H3,(H,18,21)(H,19,20)/b16-7+/t8-/m1/s1. The van der Waals surface area contributed by atoms with Gasteiger partial charge < -0.3 is 4.98 Å². The van der Waals surface area contributed by atoms with Gasteiger partial charge in [-0.3, -0.25) is 9.59 Å². The molecule has 3 N–H and O–H groups in total. The van der Waals surface area contributed by atoms with E-state index in [9.17, 15) is 9.59 Å². The molecule has 0 saturated carbocycles. The van der Waals surface area contributed by atoms with Gasteiger partial charge in [0.2, 0.25) is 5.91 Å². The van der Waals surface area contributed by atoms with Crippen molar-refractivity contribution in [1.82, 2.24) is 15.8 Å². The molecule has 1 aliphatic heterocycles. The summed E-state index contributed by atoms with van der Waals surface area (Å²) in [6, 6.07) is 7.78. The Balaban J connectivity index is 1.70. The summed E-state index contributed by atoms with van der Waals surface area (Å²) in [4.78, 5) is 26.2. The first-order valence-corrected chi connectivity index (χ1v) is 6.44. The molecule has 2 amide bonds. The van der Waals surface area contributed by atoms with Crippen LogP contribution in [0.15, 0.2) is 40.7 Å². The van der Waals surface area contributed by atoms with Crippen LogP contribution in [0.25, 0.3) is 10.9 Å². The Morgan fingerprint density at radius 3 is 3.00 bits per heavy atom. The smallest absolute Gasteiger partial charge is 0.288 e. The van der Waals surface area contributed by atoms with E-state index in [1.165, 1.54) is 0 Å². The molecule has 1 aromatic carbocycles. The van der Waals surface area contributed by atoms with Crippen LogP contribution in [0.3, 0.4) is 0 Å². The maximum absolute atomic E-state index is 11.8. The molecule has 0 bridgehead atoms. The number of amides is 2. The SMILES string of the molecule is C[C@H]1C(=O)NN=C1C(=O)N/N=C/c1c[nH]c2ccccc12. The fourth-order valence-corrected chi connectivity index (χ4v) is 2.10. The van der Waals surface area contributed by atoms with Crippen molar-refractivity contribution < 1.29 is 9.59 Å². The summed E-state index contributed by atoms with van der Waals surface area (Å²) in [7, 11) is 0. The Kier molecular flexibility index (Phi) is 3.23. The summed E-state index contributed by atoms with van der Waals surface area (Å²) in [6.45, 7) is 1.62. The number of nitrogens with one attached hydrogen (secondary N) is 3.